The number of amides is 3. The Bertz CT molecular complexity index is 742. The Kier molecular flexibility index (Phi) is 7.41. The van der Waals surface area contributed by atoms with E-state index in [1.54, 1.807) is 24.1 Å². The van der Waals surface area contributed by atoms with Gasteiger partial charge in [-0.25, -0.2) is 4.79 Å². The fourth-order valence-corrected chi connectivity index (χ4v) is 2.81. The first kappa shape index (κ1) is 20.5. The lowest BCUT2D eigenvalue weighted by Crippen LogP contribution is -2.51. The Hall–Kier alpha value is -2.82. The van der Waals surface area contributed by atoms with Gasteiger partial charge in [0.05, 0.1) is 0 Å². The minimum atomic E-state index is -0.589. The van der Waals surface area contributed by atoms with E-state index in [0.717, 1.165) is 12.0 Å². The van der Waals surface area contributed by atoms with E-state index in [0.29, 0.717) is 12.2 Å². The van der Waals surface area contributed by atoms with Crippen LogP contribution in [0.25, 0.3) is 0 Å². The second-order valence-corrected chi connectivity index (χ2v) is 7.05. The Morgan fingerprint density at radius 1 is 0.963 bits per heavy atom. The van der Waals surface area contributed by atoms with Crippen LogP contribution in [0.4, 0.5) is 10.5 Å². The largest absolute Gasteiger partial charge is 0.340 e. The van der Waals surface area contributed by atoms with E-state index >= 15 is 0 Å². The number of para-hydroxylation sites is 1. The molecule has 0 spiro atoms. The first-order valence-corrected chi connectivity index (χ1v) is 9.36. The molecule has 2 N–H and O–H groups in total. The van der Waals surface area contributed by atoms with Gasteiger partial charge < -0.3 is 15.5 Å². The molecule has 0 aromatic heterocycles. The minimum absolute atomic E-state index is 0.0241. The van der Waals surface area contributed by atoms with Gasteiger partial charge in [-0.2, -0.15) is 0 Å². The average molecular weight is 367 g/mol. The van der Waals surface area contributed by atoms with Gasteiger partial charge in [0.15, 0.2) is 0 Å². The summed E-state index contributed by atoms with van der Waals surface area (Å²) in [6.07, 6.45) is 0.991. The van der Waals surface area contributed by atoms with Crippen molar-refractivity contribution in [3.05, 3.63) is 65.7 Å². The SMILES string of the molecule is CCc1ccc(CN(C)C(=O)C(NC(=O)Nc2ccccc2)C(C)C)cc1. The third-order valence-corrected chi connectivity index (χ3v) is 4.48. The standard InChI is InChI=1S/C22H29N3O2/c1-5-17-11-13-18(14-12-17)15-25(4)21(26)20(16(2)3)24-22(27)23-19-9-7-6-8-10-19/h6-14,16,20H,5,15H2,1-4H3,(H2,23,24,27). The van der Waals surface area contributed by atoms with E-state index in [9.17, 15) is 9.59 Å². The van der Waals surface area contributed by atoms with Crippen LogP contribution in [0, 0.1) is 5.92 Å². The number of carbonyl (C=O) groups is 2. The fraction of sp³-hybridized carbons (Fsp3) is 0.364. The van der Waals surface area contributed by atoms with E-state index < -0.39 is 6.04 Å². The van der Waals surface area contributed by atoms with Gasteiger partial charge in [-0.15, -0.1) is 0 Å². The smallest absolute Gasteiger partial charge is 0.319 e. The Morgan fingerprint density at radius 3 is 2.11 bits per heavy atom. The molecule has 2 aromatic carbocycles. The molecule has 5 nitrogen and oxygen atoms in total. The summed E-state index contributed by atoms with van der Waals surface area (Å²) in [6, 6.07) is 16.5. The summed E-state index contributed by atoms with van der Waals surface area (Å²) in [5.41, 5.74) is 3.03. The molecule has 5 heteroatoms. The zero-order valence-electron chi connectivity index (χ0n) is 16.5. The second kappa shape index (κ2) is 9.76. The molecule has 0 fully saturated rings. The lowest BCUT2D eigenvalue weighted by atomic mass is 10.0. The highest BCUT2D eigenvalue weighted by Gasteiger charge is 2.27. The number of urea groups is 1. The molecule has 1 unspecified atom stereocenters. The van der Waals surface area contributed by atoms with Gasteiger partial charge in [0.2, 0.25) is 5.91 Å². The van der Waals surface area contributed by atoms with Gasteiger partial charge in [0.25, 0.3) is 0 Å². The third kappa shape index (κ3) is 6.13. The predicted octanol–water partition coefficient (Wildman–Crippen LogP) is 4.05. The number of likely N-dealkylation sites (N-methyl/N-ethyl adjacent to an activating group) is 1. The predicted molar refractivity (Wildman–Crippen MR) is 110 cm³/mol. The van der Waals surface area contributed by atoms with E-state index in [4.69, 9.17) is 0 Å². The summed E-state index contributed by atoms with van der Waals surface area (Å²) >= 11 is 0. The van der Waals surface area contributed by atoms with Gasteiger partial charge in [0.1, 0.15) is 6.04 Å². The summed E-state index contributed by atoms with van der Waals surface area (Å²) in [5.74, 6) is -0.128. The lowest BCUT2D eigenvalue weighted by molar-refractivity contribution is -0.133. The third-order valence-electron chi connectivity index (χ3n) is 4.48. The molecule has 0 saturated carbocycles. The number of benzene rings is 2. The van der Waals surface area contributed by atoms with Gasteiger partial charge in [-0.3, -0.25) is 4.79 Å². The summed E-state index contributed by atoms with van der Waals surface area (Å²) in [7, 11) is 1.77. The summed E-state index contributed by atoms with van der Waals surface area (Å²) in [4.78, 5) is 26.8. The van der Waals surface area contributed by atoms with E-state index in [1.807, 2.05) is 44.2 Å². The quantitative estimate of drug-likeness (QED) is 0.775. The van der Waals surface area contributed by atoms with Crippen LogP contribution in [-0.2, 0) is 17.8 Å². The molecule has 2 aromatic rings. The van der Waals surface area contributed by atoms with Crippen molar-refractivity contribution in [1.29, 1.82) is 0 Å². The maximum absolute atomic E-state index is 12.9. The molecule has 144 valence electrons. The highest BCUT2D eigenvalue weighted by Crippen LogP contribution is 2.12. The molecule has 0 aliphatic rings. The van der Waals surface area contributed by atoms with Crippen molar-refractivity contribution in [3.63, 3.8) is 0 Å². The molecule has 2 rings (SSSR count). The molecule has 0 radical (unpaired) electrons. The molecular formula is C22H29N3O2. The highest BCUT2D eigenvalue weighted by molar-refractivity contribution is 5.93. The molecule has 27 heavy (non-hydrogen) atoms. The van der Waals surface area contributed by atoms with Crippen LogP contribution in [0.15, 0.2) is 54.6 Å². The van der Waals surface area contributed by atoms with Crippen LogP contribution < -0.4 is 10.6 Å². The van der Waals surface area contributed by atoms with Crippen molar-refractivity contribution in [2.75, 3.05) is 12.4 Å². The monoisotopic (exact) mass is 367 g/mol. The number of nitrogens with zero attached hydrogens (tertiary/aromatic N) is 1. The summed E-state index contributed by atoms with van der Waals surface area (Å²) in [6.45, 7) is 6.47. The summed E-state index contributed by atoms with van der Waals surface area (Å²) < 4.78 is 0. The van der Waals surface area contributed by atoms with Crippen LogP contribution in [0.1, 0.15) is 31.9 Å². The molecule has 0 aliphatic heterocycles. The van der Waals surface area contributed by atoms with Crippen LogP contribution in [0.3, 0.4) is 0 Å². The average Bonchev–Trinajstić information content (AvgIpc) is 2.66. The maximum atomic E-state index is 12.9. The first-order chi connectivity index (χ1) is 12.9. The van der Waals surface area contributed by atoms with Crippen molar-refractivity contribution in [1.82, 2.24) is 10.2 Å². The van der Waals surface area contributed by atoms with E-state index in [-0.39, 0.29) is 17.9 Å². The lowest BCUT2D eigenvalue weighted by Gasteiger charge is -2.27. The molecule has 0 aliphatic carbocycles. The highest BCUT2D eigenvalue weighted by atomic mass is 16.2. The zero-order valence-corrected chi connectivity index (χ0v) is 16.5. The fourth-order valence-electron chi connectivity index (χ4n) is 2.81. The Balaban J connectivity index is 1.98. The Morgan fingerprint density at radius 2 is 1.56 bits per heavy atom. The second-order valence-electron chi connectivity index (χ2n) is 7.05. The van der Waals surface area contributed by atoms with Crippen molar-refractivity contribution >= 4 is 17.6 Å². The normalized spacial score (nSPS) is 11.7. The number of aryl methyl sites for hydroxylation is 1. The van der Waals surface area contributed by atoms with Gasteiger partial charge in [-0.05, 0) is 35.6 Å². The number of nitrogens with one attached hydrogen (secondary N) is 2. The van der Waals surface area contributed by atoms with E-state index in [2.05, 4.69) is 29.7 Å². The van der Waals surface area contributed by atoms with Gasteiger partial charge in [0, 0.05) is 19.3 Å². The van der Waals surface area contributed by atoms with Crippen LogP contribution in [0.2, 0.25) is 0 Å². The number of rotatable bonds is 7. The Labute approximate surface area is 161 Å². The van der Waals surface area contributed by atoms with Gasteiger partial charge in [-0.1, -0.05) is 63.2 Å². The van der Waals surface area contributed by atoms with Crippen LogP contribution >= 0.6 is 0 Å². The minimum Gasteiger partial charge on any atom is -0.340 e. The molecule has 0 saturated heterocycles. The molecule has 3 amide bonds. The molecule has 0 heterocycles. The van der Waals surface area contributed by atoms with E-state index in [1.165, 1.54) is 5.56 Å². The number of hydrogen-bond acceptors (Lipinski definition) is 2. The van der Waals surface area contributed by atoms with Crippen LogP contribution in [-0.4, -0.2) is 29.9 Å². The van der Waals surface area contributed by atoms with Crippen LogP contribution in [0.5, 0.6) is 0 Å². The van der Waals surface area contributed by atoms with Crippen molar-refractivity contribution in [2.45, 2.75) is 39.8 Å². The molecular weight excluding hydrogens is 338 g/mol. The van der Waals surface area contributed by atoms with Gasteiger partial charge >= 0.3 is 6.03 Å². The number of anilines is 1. The summed E-state index contributed by atoms with van der Waals surface area (Å²) in [5, 5.41) is 5.57. The molecule has 1 atom stereocenters. The number of carbonyl (C=O) groups excluding carboxylic acids is 2. The topological polar surface area (TPSA) is 61.4 Å². The zero-order chi connectivity index (χ0) is 19.8. The maximum Gasteiger partial charge on any atom is 0.319 e. The van der Waals surface area contributed by atoms with Crippen molar-refractivity contribution in [3.8, 4) is 0 Å². The molecule has 0 bridgehead atoms. The first-order valence-electron chi connectivity index (χ1n) is 9.36. The number of hydrogen-bond donors (Lipinski definition) is 2. The van der Waals surface area contributed by atoms with Crippen molar-refractivity contribution < 1.29 is 9.59 Å². The van der Waals surface area contributed by atoms with Crippen molar-refractivity contribution in [2.24, 2.45) is 5.92 Å².